The fourth-order valence-corrected chi connectivity index (χ4v) is 2.60. The van der Waals surface area contributed by atoms with E-state index < -0.39 is 0 Å². The molecule has 0 spiro atoms. The Hall–Kier alpha value is -0.830. The maximum Gasteiger partial charge on any atom is 0.148 e. The van der Waals surface area contributed by atoms with E-state index >= 15 is 0 Å². The molecule has 0 amide bonds. The summed E-state index contributed by atoms with van der Waals surface area (Å²) in [5, 5.41) is 3.92. The molecule has 2 rings (SSSR count). The van der Waals surface area contributed by atoms with E-state index in [0.717, 1.165) is 24.2 Å². The molecule has 0 aliphatic heterocycles. The second kappa shape index (κ2) is 5.48. The van der Waals surface area contributed by atoms with Gasteiger partial charge in [0.05, 0.1) is 6.20 Å². The van der Waals surface area contributed by atoms with Crippen LogP contribution < -0.4 is 5.32 Å². The van der Waals surface area contributed by atoms with E-state index in [1.807, 2.05) is 0 Å². The summed E-state index contributed by atoms with van der Waals surface area (Å²) in [4.78, 5) is 8.00. The Balaban J connectivity index is 1.85. The van der Waals surface area contributed by atoms with Gasteiger partial charge in [-0.25, -0.2) is 9.97 Å². The Morgan fingerprint density at radius 1 is 1.50 bits per heavy atom. The van der Waals surface area contributed by atoms with Crippen LogP contribution in [-0.4, -0.2) is 16.5 Å². The van der Waals surface area contributed by atoms with Crippen molar-refractivity contribution in [1.29, 1.82) is 0 Å². The van der Waals surface area contributed by atoms with E-state index in [2.05, 4.69) is 22.2 Å². The van der Waals surface area contributed by atoms with Gasteiger partial charge in [0, 0.05) is 6.54 Å². The zero-order valence-electron chi connectivity index (χ0n) is 9.62. The summed E-state index contributed by atoms with van der Waals surface area (Å²) < 4.78 is 0. The third-order valence-electron chi connectivity index (χ3n) is 3.27. The van der Waals surface area contributed by atoms with Crippen LogP contribution in [0.15, 0.2) is 12.5 Å². The van der Waals surface area contributed by atoms with Crippen LogP contribution in [0.25, 0.3) is 0 Å². The Morgan fingerprint density at radius 3 is 3.12 bits per heavy atom. The van der Waals surface area contributed by atoms with Gasteiger partial charge in [0.1, 0.15) is 17.2 Å². The Bertz CT molecular complexity index is 343. The highest BCUT2D eigenvalue weighted by atomic mass is 35.5. The van der Waals surface area contributed by atoms with Gasteiger partial charge >= 0.3 is 0 Å². The van der Waals surface area contributed by atoms with Gasteiger partial charge in [0.2, 0.25) is 0 Å². The molecule has 1 N–H and O–H groups in total. The van der Waals surface area contributed by atoms with Gasteiger partial charge in [-0.1, -0.05) is 31.4 Å². The number of anilines is 1. The monoisotopic (exact) mass is 239 g/mol. The number of nitrogens with one attached hydrogen (secondary N) is 1. The van der Waals surface area contributed by atoms with Crippen LogP contribution in [0, 0.1) is 11.8 Å². The highest BCUT2D eigenvalue weighted by Crippen LogP contribution is 2.29. The molecule has 1 heterocycles. The largest absolute Gasteiger partial charge is 0.368 e. The summed E-state index contributed by atoms with van der Waals surface area (Å²) in [6.07, 6.45) is 8.52. The first-order valence-electron chi connectivity index (χ1n) is 5.95. The topological polar surface area (TPSA) is 37.8 Å². The van der Waals surface area contributed by atoms with Gasteiger partial charge in [-0.3, -0.25) is 0 Å². The molecule has 2 atom stereocenters. The zero-order valence-corrected chi connectivity index (χ0v) is 10.4. The molecule has 0 saturated heterocycles. The molecule has 3 nitrogen and oxygen atoms in total. The number of hydrogen-bond acceptors (Lipinski definition) is 3. The van der Waals surface area contributed by atoms with E-state index in [9.17, 15) is 0 Å². The van der Waals surface area contributed by atoms with Crippen LogP contribution in [0.2, 0.25) is 5.02 Å². The minimum absolute atomic E-state index is 0.603. The molecule has 88 valence electrons. The molecule has 0 aromatic carbocycles. The fraction of sp³-hybridized carbons (Fsp3) is 0.667. The molecular weight excluding hydrogens is 222 g/mol. The first kappa shape index (κ1) is 11.6. The standard InChI is InChI=1S/C12H18ClN3/c1-9-3-2-4-10(5-9)6-15-12-11(13)7-14-8-16-12/h7-10H,2-6H2,1H3,(H,14,15,16). The molecule has 1 saturated carbocycles. The van der Waals surface area contributed by atoms with Gasteiger partial charge < -0.3 is 5.32 Å². The Labute approximate surface area is 102 Å². The Morgan fingerprint density at radius 2 is 2.38 bits per heavy atom. The second-order valence-electron chi connectivity index (χ2n) is 4.74. The smallest absolute Gasteiger partial charge is 0.148 e. The normalized spacial score (nSPS) is 25.4. The second-order valence-corrected chi connectivity index (χ2v) is 5.15. The molecule has 0 bridgehead atoms. The molecule has 2 unspecified atom stereocenters. The van der Waals surface area contributed by atoms with Crippen LogP contribution >= 0.6 is 11.6 Å². The van der Waals surface area contributed by atoms with Crippen LogP contribution in [0.4, 0.5) is 5.82 Å². The lowest BCUT2D eigenvalue weighted by atomic mass is 9.82. The summed E-state index contributed by atoms with van der Waals surface area (Å²) in [5.74, 6) is 2.38. The van der Waals surface area contributed by atoms with Crippen LogP contribution in [0.1, 0.15) is 32.6 Å². The van der Waals surface area contributed by atoms with Crippen molar-refractivity contribution in [1.82, 2.24) is 9.97 Å². The van der Waals surface area contributed by atoms with Crippen LogP contribution in [0.3, 0.4) is 0 Å². The summed E-state index contributed by atoms with van der Waals surface area (Å²) in [6.45, 7) is 3.31. The number of hydrogen-bond donors (Lipinski definition) is 1. The first-order chi connectivity index (χ1) is 7.75. The maximum absolute atomic E-state index is 5.98. The quantitative estimate of drug-likeness (QED) is 0.879. The lowest BCUT2D eigenvalue weighted by molar-refractivity contribution is 0.293. The van der Waals surface area contributed by atoms with Crippen molar-refractivity contribution in [3.8, 4) is 0 Å². The van der Waals surface area contributed by atoms with Gasteiger partial charge in [0.15, 0.2) is 0 Å². The molecule has 1 aromatic rings. The highest BCUT2D eigenvalue weighted by Gasteiger charge is 2.18. The lowest BCUT2D eigenvalue weighted by Gasteiger charge is -2.26. The highest BCUT2D eigenvalue weighted by molar-refractivity contribution is 6.32. The van der Waals surface area contributed by atoms with Gasteiger partial charge in [0.25, 0.3) is 0 Å². The predicted octanol–water partition coefficient (Wildman–Crippen LogP) is 3.37. The number of nitrogens with zero attached hydrogens (tertiary/aromatic N) is 2. The number of rotatable bonds is 3. The molecule has 1 aliphatic rings. The third kappa shape index (κ3) is 3.08. The van der Waals surface area contributed by atoms with E-state index in [-0.39, 0.29) is 0 Å². The molecule has 16 heavy (non-hydrogen) atoms. The summed E-state index contributed by atoms with van der Waals surface area (Å²) in [6, 6.07) is 0. The van der Waals surface area contributed by atoms with Crippen molar-refractivity contribution in [2.45, 2.75) is 32.6 Å². The van der Waals surface area contributed by atoms with Gasteiger partial charge in [-0.2, -0.15) is 0 Å². The van der Waals surface area contributed by atoms with Crippen molar-refractivity contribution in [2.24, 2.45) is 11.8 Å². The average molecular weight is 240 g/mol. The average Bonchev–Trinajstić information content (AvgIpc) is 2.28. The van der Waals surface area contributed by atoms with Crippen molar-refractivity contribution in [3.05, 3.63) is 17.5 Å². The third-order valence-corrected chi connectivity index (χ3v) is 3.55. The van der Waals surface area contributed by atoms with E-state index in [1.54, 1.807) is 6.20 Å². The minimum Gasteiger partial charge on any atom is -0.368 e. The molecule has 4 heteroatoms. The molecule has 1 fully saturated rings. The predicted molar refractivity (Wildman–Crippen MR) is 66.7 cm³/mol. The molecule has 1 aromatic heterocycles. The van der Waals surface area contributed by atoms with Crippen molar-refractivity contribution in [3.63, 3.8) is 0 Å². The molecule has 1 aliphatic carbocycles. The van der Waals surface area contributed by atoms with Crippen LogP contribution in [-0.2, 0) is 0 Å². The molecule has 0 radical (unpaired) electrons. The lowest BCUT2D eigenvalue weighted by Crippen LogP contribution is -2.21. The first-order valence-corrected chi connectivity index (χ1v) is 6.33. The SMILES string of the molecule is CC1CCCC(CNc2ncncc2Cl)C1. The number of aromatic nitrogens is 2. The summed E-state index contributed by atoms with van der Waals surface area (Å²) in [7, 11) is 0. The zero-order chi connectivity index (χ0) is 11.4. The van der Waals surface area contributed by atoms with Crippen LogP contribution in [0.5, 0.6) is 0 Å². The summed E-state index contributed by atoms with van der Waals surface area (Å²) >= 11 is 5.98. The number of halogens is 1. The maximum atomic E-state index is 5.98. The van der Waals surface area contributed by atoms with E-state index in [4.69, 9.17) is 11.6 Å². The fourth-order valence-electron chi connectivity index (χ4n) is 2.43. The van der Waals surface area contributed by atoms with Crippen molar-refractivity contribution < 1.29 is 0 Å². The van der Waals surface area contributed by atoms with E-state index in [0.29, 0.717) is 5.02 Å². The minimum atomic E-state index is 0.603. The van der Waals surface area contributed by atoms with Crippen molar-refractivity contribution in [2.75, 3.05) is 11.9 Å². The molecular formula is C12H18ClN3. The Kier molecular flexibility index (Phi) is 3.99. The van der Waals surface area contributed by atoms with Gasteiger partial charge in [-0.15, -0.1) is 0 Å². The van der Waals surface area contributed by atoms with Crippen molar-refractivity contribution >= 4 is 17.4 Å². The summed E-state index contributed by atoms with van der Waals surface area (Å²) in [5.41, 5.74) is 0. The van der Waals surface area contributed by atoms with Gasteiger partial charge in [-0.05, 0) is 24.7 Å². The van der Waals surface area contributed by atoms with E-state index in [1.165, 1.54) is 32.0 Å².